The number of rotatable bonds is 7. The van der Waals surface area contributed by atoms with E-state index >= 15 is 0 Å². The lowest BCUT2D eigenvalue weighted by Gasteiger charge is -2.71. The molecule has 2 aliphatic heterocycles. The van der Waals surface area contributed by atoms with Crippen LogP contribution in [0.5, 0.6) is 0 Å². The number of allylic oxidation sites excluding steroid dienone is 1. The molecule has 6 rings (SSSR count). The molecule has 6 aliphatic rings. The Morgan fingerprint density at radius 1 is 0.980 bits per heavy atom. The Morgan fingerprint density at radius 3 is 2.26 bits per heavy atom. The Labute approximate surface area is 295 Å². The third-order valence-electron chi connectivity index (χ3n) is 15.6. The second-order valence-corrected chi connectivity index (χ2v) is 18.0. The molecule has 0 spiro atoms. The normalized spacial score (nSPS) is 52.2. The summed E-state index contributed by atoms with van der Waals surface area (Å²) < 4.78 is 24.5. The van der Waals surface area contributed by atoms with Crippen molar-refractivity contribution in [3.05, 3.63) is 11.6 Å². The number of hydrogen-bond acceptors (Lipinski definition) is 11. The van der Waals surface area contributed by atoms with Gasteiger partial charge >= 0.3 is 11.9 Å². The molecule has 0 aromatic heterocycles. The molecule has 0 aromatic carbocycles. The van der Waals surface area contributed by atoms with Gasteiger partial charge in [0.05, 0.1) is 19.1 Å². The Kier molecular flexibility index (Phi) is 9.71. The lowest BCUT2D eigenvalue weighted by molar-refractivity contribution is -0.369. The molecule has 6 N–H and O–H groups in total. The molecular formula is C38H60O12. The maximum Gasteiger partial charge on any atom is 0.307 e. The third-order valence-corrected chi connectivity index (χ3v) is 15.6. The largest absolute Gasteiger partial charge is 0.481 e. The summed E-state index contributed by atoms with van der Waals surface area (Å²) in [6.07, 6.45) is -4.59. The van der Waals surface area contributed by atoms with Crippen molar-refractivity contribution in [3.63, 3.8) is 0 Å². The number of aliphatic hydroxyl groups is 5. The van der Waals surface area contributed by atoms with Crippen LogP contribution in [0.2, 0.25) is 0 Å². The van der Waals surface area contributed by atoms with Crippen molar-refractivity contribution >= 4 is 11.9 Å². The van der Waals surface area contributed by atoms with E-state index in [1.54, 1.807) is 0 Å². The van der Waals surface area contributed by atoms with Crippen LogP contribution in [0.1, 0.15) is 93.9 Å². The molecule has 12 nitrogen and oxygen atoms in total. The molecule has 0 aromatic rings. The highest BCUT2D eigenvalue weighted by Crippen LogP contribution is 2.75. The van der Waals surface area contributed by atoms with Crippen molar-refractivity contribution < 1.29 is 59.2 Å². The number of hydrogen-bond donors (Lipinski definition) is 6. The molecule has 17 atom stereocenters. The highest BCUT2D eigenvalue weighted by molar-refractivity contribution is 5.73. The van der Waals surface area contributed by atoms with E-state index in [0.29, 0.717) is 18.8 Å². The highest BCUT2D eigenvalue weighted by Gasteiger charge is 2.74. The predicted octanol–water partition coefficient (Wildman–Crippen LogP) is 3.01. The van der Waals surface area contributed by atoms with Gasteiger partial charge in [-0.15, -0.1) is 0 Å². The fourth-order valence-corrected chi connectivity index (χ4v) is 12.5. The molecule has 2 heterocycles. The van der Waals surface area contributed by atoms with Gasteiger partial charge in [0, 0.05) is 24.2 Å². The fourth-order valence-electron chi connectivity index (χ4n) is 12.5. The SMILES string of the molecule is CC(=O)O[C@@H]1C[C@]23C4=CC[C@@]5(C)[C@H](C(=O)O)[C@@](C)([C@H](C)C(C)C)CC[C@]5(C)[C@H]4CC[C@H]2[C@@](C)(COC3O)[C@H]1O[C@@H]1O[C@H](CO)[C@@H](O)[C@H](O)[C@H]1O. The quantitative estimate of drug-likeness (QED) is 0.129. The van der Waals surface area contributed by atoms with E-state index in [4.69, 9.17) is 18.9 Å². The first kappa shape index (κ1) is 38.1. The van der Waals surface area contributed by atoms with E-state index in [2.05, 4.69) is 47.6 Å². The summed E-state index contributed by atoms with van der Waals surface area (Å²) in [6.45, 7) is 15.8. The first-order valence-corrected chi connectivity index (χ1v) is 18.6. The van der Waals surface area contributed by atoms with Gasteiger partial charge < -0.3 is 49.6 Å². The lowest BCUT2D eigenvalue weighted by Crippen LogP contribution is -2.73. The molecule has 2 bridgehead atoms. The average molecular weight is 709 g/mol. The first-order valence-electron chi connectivity index (χ1n) is 18.6. The van der Waals surface area contributed by atoms with Gasteiger partial charge in [0.1, 0.15) is 36.6 Å². The number of aliphatic carboxylic acids is 1. The maximum atomic E-state index is 13.4. The molecular weight excluding hydrogens is 648 g/mol. The van der Waals surface area contributed by atoms with E-state index in [0.717, 1.165) is 24.8 Å². The second kappa shape index (κ2) is 12.7. The van der Waals surface area contributed by atoms with Gasteiger partial charge in [-0.3, -0.25) is 9.59 Å². The van der Waals surface area contributed by atoms with Crippen LogP contribution >= 0.6 is 0 Å². The van der Waals surface area contributed by atoms with Crippen LogP contribution in [0.25, 0.3) is 0 Å². The summed E-state index contributed by atoms with van der Waals surface area (Å²) in [5, 5.41) is 64.6. The number of carbonyl (C=O) groups is 2. The van der Waals surface area contributed by atoms with Gasteiger partial charge in [-0.05, 0) is 72.0 Å². The maximum absolute atomic E-state index is 13.4. The Balaban J connectivity index is 1.42. The van der Waals surface area contributed by atoms with Gasteiger partial charge in [0.15, 0.2) is 12.6 Å². The van der Waals surface area contributed by atoms with Crippen molar-refractivity contribution in [1.29, 1.82) is 0 Å². The number of aliphatic hydroxyl groups excluding tert-OH is 5. The first-order chi connectivity index (χ1) is 23.2. The third kappa shape index (κ3) is 5.13. The van der Waals surface area contributed by atoms with Crippen LogP contribution in [-0.4, -0.2) is 105 Å². The standard InChI is InChI=1S/C38H60O12/c1-18(2)19(3)34(5)13-14-36(7)21-9-10-25-35(6)17-47-33(46)38(25,22(21)11-12-37(36,8)29(34)31(44)45)15-23(48-20(4)40)30(35)50-32-28(43)27(42)26(41)24(16-39)49-32/h11,18-19,21,23-30,32-33,39,41-43,46H,9-10,12-17H2,1-8H3,(H,44,45)/t19-,21+,23-,24-,25+,26-,27+,28-,29-,30+,32+,33?,34-,35-,36-,37+,38+/m1/s1. The van der Waals surface area contributed by atoms with Crippen LogP contribution in [0.4, 0.5) is 0 Å². The van der Waals surface area contributed by atoms with E-state index in [1.807, 2.05) is 6.92 Å². The summed E-state index contributed by atoms with van der Waals surface area (Å²) in [7, 11) is 0. The van der Waals surface area contributed by atoms with Crippen molar-refractivity contribution in [1.82, 2.24) is 0 Å². The lowest BCUT2D eigenvalue weighted by atomic mass is 9.34. The molecule has 4 aliphatic carbocycles. The summed E-state index contributed by atoms with van der Waals surface area (Å²) in [5.41, 5.74) is -2.15. The Hall–Kier alpha value is -1.64. The number of esters is 1. The second-order valence-electron chi connectivity index (χ2n) is 18.0. The van der Waals surface area contributed by atoms with Gasteiger partial charge in [0.2, 0.25) is 0 Å². The number of fused-ring (bicyclic) bond motifs is 3. The summed E-state index contributed by atoms with van der Waals surface area (Å²) in [6, 6.07) is 0. The average Bonchev–Trinajstić information content (AvgIpc) is 3.04. The summed E-state index contributed by atoms with van der Waals surface area (Å²) in [4.78, 5) is 26.1. The molecule has 284 valence electrons. The fraction of sp³-hybridized carbons (Fsp3) is 0.895. The van der Waals surface area contributed by atoms with Crippen molar-refractivity contribution in [2.24, 2.45) is 56.7 Å². The smallest absolute Gasteiger partial charge is 0.307 e. The van der Waals surface area contributed by atoms with E-state index < -0.39 is 101 Å². The summed E-state index contributed by atoms with van der Waals surface area (Å²) in [5.74, 6) is -1.61. The zero-order valence-electron chi connectivity index (χ0n) is 30.9. The highest BCUT2D eigenvalue weighted by atomic mass is 16.7. The van der Waals surface area contributed by atoms with Gasteiger partial charge in [-0.1, -0.05) is 60.1 Å². The molecule has 2 saturated heterocycles. The number of carboxylic acids is 1. The van der Waals surface area contributed by atoms with Crippen molar-refractivity contribution in [2.75, 3.05) is 13.2 Å². The molecule has 0 amide bonds. The summed E-state index contributed by atoms with van der Waals surface area (Å²) >= 11 is 0. The van der Waals surface area contributed by atoms with Crippen molar-refractivity contribution in [2.45, 2.75) is 143 Å². The van der Waals surface area contributed by atoms with Gasteiger partial charge in [-0.2, -0.15) is 0 Å². The molecule has 5 fully saturated rings. The molecule has 12 heteroatoms. The van der Waals surface area contributed by atoms with Crippen LogP contribution in [0.3, 0.4) is 0 Å². The van der Waals surface area contributed by atoms with Crippen LogP contribution in [0.15, 0.2) is 11.6 Å². The van der Waals surface area contributed by atoms with Crippen molar-refractivity contribution in [3.8, 4) is 0 Å². The minimum absolute atomic E-state index is 0.0419. The van der Waals surface area contributed by atoms with Gasteiger partial charge in [-0.25, -0.2) is 0 Å². The van der Waals surface area contributed by atoms with E-state index in [1.165, 1.54) is 6.92 Å². The zero-order valence-corrected chi connectivity index (χ0v) is 30.9. The van der Waals surface area contributed by atoms with E-state index in [-0.39, 0.29) is 30.8 Å². The number of ether oxygens (including phenoxy) is 4. The number of carbonyl (C=O) groups excluding carboxylic acids is 1. The van der Waals surface area contributed by atoms with E-state index in [9.17, 15) is 40.2 Å². The van der Waals surface area contributed by atoms with Gasteiger partial charge in [0.25, 0.3) is 0 Å². The van der Waals surface area contributed by atoms with Crippen LogP contribution < -0.4 is 0 Å². The van der Waals surface area contributed by atoms with Crippen LogP contribution in [0, 0.1) is 56.7 Å². The Morgan fingerprint density at radius 2 is 1.66 bits per heavy atom. The minimum atomic E-state index is -1.65. The number of carboxylic acid groups (broad SMARTS) is 1. The monoisotopic (exact) mass is 708 g/mol. The van der Waals surface area contributed by atoms with Crippen LogP contribution in [-0.2, 0) is 28.5 Å². The molecule has 0 radical (unpaired) electrons. The predicted molar refractivity (Wildman–Crippen MR) is 179 cm³/mol. The molecule has 3 saturated carbocycles. The molecule has 50 heavy (non-hydrogen) atoms. The topological polar surface area (TPSA) is 192 Å². The molecule has 1 unspecified atom stereocenters. The zero-order chi connectivity index (χ0) is 36.9. The Bertz CT molecular complexity index is 1370. The minimum Gasteiger partial charge on any atom is -0.481 e.